The van der Waals surface area contributed by atoms with Gasteiger partial charge in [-0.05, 0) is 73.7 Å². The number of benzene rings is 3. The zero-order valence-corrected chi connectivity index (χ0v) is 19.1. The van der Waals surface area contributed by atoms with Crippen molar-refractivity contribution in [3.8, 4) is 0 Å². The van der Waals surface area contributed by atoms with Crippen molar-refractivity contribution in [2.24, 2.45) is 0 Å². The van der Waals surface area contributed by atoms with Crippen LogP contribution in [-0.4, -0.2) is 29.8 Å². The molecule has 4 nitrogen and oxygen atoms in total. The molecular weight excluding hydrogens is 415 g/mol. The molecule has 0 aliphatic carbocycles. The van der Waals surface area contributed by atoms with Crippen LogP contribution < -0.4 is 4.90 Å². The lowest BCUT2D eigenvalue weighted by molar-refractivity contribution is -0.136. The van der Waals surface area contributed by atoms with Gasteiger partial charge >= 0.3 is 0 Å². The van der Waals surface area contributed by atoms with E-state index in [1.165, 1.54) is 17.0 Å². The fraction of sp³-hybridized carbons (Fsp3) is 0.214. The van der Waals surface area contributed by atoms with E-state index in [0.717, 1.165) is 27.9 Å². The van der Waals surface area contributed by atoms with E-state index in [2.05, 4.69) is 0 Å². The van der Waals surface area contributed by atoms with E-state index in [1.54, 1.807) is 12.1 Å². The van der Waals surface area contributed by atoms with Gasteiger partial charge in [-0.25, -0.2) is 4.39 Å². The summed E-state index contributed by atoms with van der Waals surface area (Å²) in [5, 5.41) is 0. The molecule has 0 bridgehead atoms. The number of aryl methyl sites for hydroxylation is 2. The normalized spacial score (nSPS) is 13.8. The summed E-state index contributed by atoms with van der Waals surface area (Å²) in [7, 11) is 0. The van der Waals surface area contributed by atoms with Crippen molar-refractivity contribution in [1.29, 1.82) is 0 Å². The zero-order valence-electron chi connectivity index (χ0n) is 19.1. The van der Waals surface area contributed by atoms with Crippen LogP contribution in [0.4, 0.5) is 10.1 Å². The third-order valence-electron chi connectivity index (χ3n) is 6.13. The summed E-state index contributed by atoms with van der Waals surface area (Å²) in [4.78, 5) is 30.5. The first-order chi connectivity index (χ1) is 15.9. The highest BCUT2D eigenvalue weighted by Crippen LogP contribution is 2.35. The average Bonchev–Trinajstić information content (AvgIpc) is 3.06. The Morgan fingerprint density at radius 1 is 0.848 bits per heavy atom. The van der Waals surface area contributed by atoms with Crippen LogP contribution in [0, 0.1) is 19.7 Å². The van der Waals surface area contributed by atoms with E-state index in [4.69, 9.17) is 0 Å². The molecule has 0 unspecified atom stereocenters. The molecule has 0 saturated heterocycles. The Hall–Kier alpha value is -3.73. The number of para-hydroxylation sites is 1. The van der Waals surface area contributed by atoms with Gasteiger partial charge in [0.25, 0.3) is 11.8 Å². The first-order valence-corrected chi connectivity index (χ1v) is 11.2. The van der Waals surface area contributed by atoms with Gasteiger partial charge in [-0.1, -0.05) is 48.5 Å². The number of hydrogen-bond acceptors (Lipinski definition) is 3. The molecule has 2 amide bonds. The molecule has 0 spiro atoms. The molecule has 1 aliphatic rings. The number of carbonyl (C=O) groups is 2. The SMILES string of the molecule is CCN(C1=C(c2ccc(C)c(C)c2)C(=O)N(CCc2ccc(F)cc2)C1=O)c1ccccc1. The van der Waals surface area contributed by atoms with E-state index in [1.807, 2.05) is 74.2 Å². The van der Waals surface area contributed by atoms with Gasteiger partial charge in [-0.3, -0.25) is 14.5 Å². The molecule has 1 heterocycles. The minimum absolute atomic E-state index is 0.230. The van der Waals surface area contributed by atoms with Crippen molar-refractivity contribution < 1.29 is 14.0 Å². The summed E-state index contributed by atoms with van der Waals surface area (Å²) in [6, 6.07) is 21.6. The summed E-state index contributed by atoms with van der Waals surface area (Å²) >= 11 is 0. The maximum absolute atomic E-state index is 13.6. The van der Waals surface area contributed by atoms with Gasteiger partial charge in [0.2, 0.25) is 0 Å². The van der Waals surface area contributed by atoms with Gasteiger partial charge in [-0.15, -0.1) is 0 Å². The first-order valence-electron chi connectivity index (χ1n) is 11.2. The van der Waals surface area contributed by atoms with Crippen molar-refractivity contribution >= 4 is 23.1 Å². The molecule has 0 fully saturated rings. The Bertz CT molecular complexity index is 1220. The lowest BCUT2D eigenvalue weighted by Gasteiger charge is -2.25. The summed E-state index contributed by atoms with van der Waals surface area (Å²) in [6.07, 6.45) is 0.461. The predicted octanol–water partition coefficient (Wildman–Crippen LogP) is 5.29. The molecular formula is C28H27FN2O2. The molecule has 3 aromatic rings. The molecule has 5 heteroatoms. The smallest absolute Gasteiger partial charge is 0.278 e. The molecule has 0 radical (unpaired) electrons. The topological polar surface area (TPSA) is 40.6 Å². The van der Waals surface area contributed by atoms with Crippen LogP contribution in [0.25, 0.3) is 5.57 Å². The Balaban J connectivity index is 1.75. The molecule has 4 rings (SSSR count). The van der Waals surface area contributed by atoms with Crippen LogP contribution in [0.1, 0.15) is 29.2 Å². The van der Waals surface area contributed by atoms with Gasteiger partial charge in [0.05, 0.1) is 5.57 Å². The fourth-order valence-electron chi connectivity index (χ4n) is 4.14. The summed E-state index contributed by atoms with van der Waals surface area (Å²) in [6.45, 7) is 6.76. The third kappa shape index (κ3) is 4.44. The van der Waals surface area contributed by atoms with E-state index in [9.17, 15) is 14.0 Å². The van der Waals surface area contributed by atoms with Crippen LogP contribution in [-0.2, 0) is 16.0 Å². The molecule has 0 saturated carbocycles. The Morgan fingerprint density at radius 2 is 1.55 bits per heavy atom. The summed E-state index contributed by atoms with van der Waals surface area (Å²) in [5.41, 5.74) is 5.48. The second kappa shape index (κ2) is 9.41. The highest BCUT2D eigenvalue weighted by atomic mass is 19.1. The molecule has 33 heavy (non-hydrogen) atoms. The van der Waals surface area contributed by atoms with Crippen molar-refractivity contribution in [2.45, 2.75) is 27.2 Å². The number of halogens is 1. The van der Waals surface area contributed by atoms with Gasteiger partial charge in [0.1, 0.15) is 11.5 Å². The van der Waals surface area contributed by atoms with Crippen LogP contribution in [0.3, 0.4) is 0 Å². The van der Waals surface area contributed by atoms with Crippen molar-refractivity contribution in [3.63, 3.8) is 0 Å². The van der Waals surface area contributed by atoms with Crippen LogP contribution in [0.5, 0.6) is 0 Å². The number of hydrogen-bond donors (Lipinski definition) is 0. The monoisotopic (exact) mass is 442 g/mol. The molecule has 0 N–H and O–H groups in total. The number of nitrogens with zero attached hydrogens (tertiary/aromatic N) is 2. The first kappa shape index (κ1) is 22.5. The zero-order chi connectivity index (χ0) is 23.5. The number of amides is 2. The maximum Gasteiger partial charge on any atom is 0.278 e. The number of anilines is 1. The van der Waals surface area contributed by atoms with E-state index in [0.29, 0.717) is 24.2 Å². The van der Waals surface area contributed by atoms with Gasteiger partial charge in [0.15, 0.2) is 0 Å². The van der Waals surface area contributed by atoms with Crippen LogP contribution in [0.15, 0.2) is 78.5 Å². The standard InChI is InChI=1S/C28H27FN2O2/c1-4-30(24-8-6-5-7-9-24)26-25(22-13-10-19(2)20(3)18-22)27(32)31(28(26)33)17-16-21-11-14-23(29)15-12-21/h5-15,18H,4,16-17H2,1-3H3. The van der Waals surface area contributed by atoms with Crippen molar-refractivity contribution in [1.82, 2.24) is 4.90 Å². The second-order valence-corrected chi connectivity index (χ2v) is 8.24. The Kier molecular flexibility index (Phi) is 6.40. The number of imide groups is 1. The van der Waals surface area contributed by atoms with E-state index in [-0.39, 0.29) is 24.2 Å². The molecule has 168 valence electrons. The Morgan fingerprint density at radius 3 is 2.18 bits per heavy atom. The molecule has 0 atom stereocenters. The van der Waals surface area contributed by atoms with E-state index >= 15 is 0 Å². The highest BCUT2D eigenvalue weighted by molar-refractivity contribution is 6.36. The fourth-order valence-corrected chi connectivity index (χ4v) is 4.14. The number of likely N-dealkylation sites (N-methyl/N-ethyl adjacent to an activating group) is 1. The largest absolute Gasteiger partial charge is 0.337 e. The number of rotatable bonds is 7. The lowest BCUT2D eigenvalue weighted by Crippen LogP contribution is -2.36. The minimum atomic E-state index is -0.311. The quantitative estimate of drug-likeness (QED) is 0.467. The average molecular weight is 443 g/mol. The second-order valence-electron chi connectivity index (χ2n) is 8.24. The lowest BCUT2D eigenvalue weighted by atomic mass is 9.99. The summed E-state index contributed by atoms with van der Waals surface area (Å²) < 4.78 is 13.3. The minimum Gasteiger partial charge on any atom is -0.337 e. The summed E-state index contributed by atoms with van der Waals surface area (Å²) in [5.74, 6) is -0.912. The molecule has 0 aromatic heterocycles. The van der Waals surface area contributed by atoms with Gasteiger partial charge in [-0.2, -0.15) is 0 Å². The molecule has 3 aromatic carbocycles. The predicted molar refractivity (Wildman–Crippen MR) is 129 cm³/mol. The highest BCUT2D eigenvalue weighted by Gasteiger charge is 2.41. The van der Waals surface area contributed by atoms with Crippen LogP contribution in [0.2, 0.25) is 0 Å². The van der Waals surface area contributed by atoms with Gasteiger partial charge < -0.3 is 4.90 Å². The number of carbonyl (C=O) groups excluding carboxylic acids is 2. The third-order valence-corrected chi connectivity index (χ3v) is 6.13. The van der Waals surface area contributed by atoms with E-state index < -0.39 is 0 Å². The molecule has 1 aliphatic heterocycles. The van der Waals surface area contributed by atoms with Crippen molar-refractivity contribution in [3.05, 3.63) is 107 Å². The van der Waals surface area contributed by atoms with Crippen LogP contribution >= 0.6 is 0 Å². The maximum atomic E-state index is 13.6. The Labute approximate surface area is 194 Å². The van der Waals surface area contributed by atoms with Crippen molar-refractivity contribution in [2.75, 3.05) is 18.0 Å². The van der Waals surface area contributed by atoms with Gasteiger partial charge in [0, 0.05) is 18.8 Å².